The molecule has 2 aromatic carbocycles. The Morgan fingerprint density at radius 2 is 1.72 bits per heavy atom. The number of amides is 2. The van der Waals surface area contributed by atoms with Crippen LogP contribution >= 0.6 is 11.8 Å². The van der Waals surface area contributed by atoms with E-state index in [2.05, 4.69) is 10.6 Å². The molecule has 0 bridgehead atoms. The molecular formula is C20H20N2O6S. The molecule has 0 unspecified atom stereocenters. The van der Waals surface area contributed by atoms with Gasteiger partial charge in [0, 0.05) is 23.2 Å². The summed E-state index contributed by atoms with van der Waals surface area (Å²) in [5.74, 6) is 0.204. The van der Waals surface area contributed by atoms with Crippen LogP contribution in [0, 0.1) is 0 Å². The van der Waals surface area contributed by atoms with E-state index in [0.29, 0.717) is 36.1 Å². The minimum atomic E-state index is -0.507. The quantitative estimate of drug-likeness (QED) is 0.528. The van der Waals surface area contributed by atoms with Gasteiger partial charge in [-0.15, -0.1) is 11.8 Å². The topological polar surface area (TPSA) is 103 Å². The van der Waals surface area contributed by atoms with E-state index < -0.39 is 18.5 Å². The van der Waals surface area contributed by atoms with E-state index in [0.717, 1.165) is 4.90 Å². The number of ether oxygens (including phenoxy) is 3. The molecule has 0 aromatic heterocycles. The van der Waals surface area contributed by atoms with Gasteiger partial charge in [0.05, 0.1) is 5.75 Å². The van der Waals surface area contributed by atoms with Crippen molar-refractivity contribution in [1.82, 2.24) is 0 Å². The van der Waals surface area contributed by atoms with Crippen molar-refractivity contribution in [2.75, 3.05) is 36.2 Å². The van der Waals surface area contributed by atoms with Gasteiger partial charge in [0.2, 0.25) is 5.91 Å². The van der Waals surface area contributed by atoms with Crippen LogP contribution in [0.4, 0.5) is 11.4 Å². The van der Waals surface area contributed by atoms with Gasteiger partial charge in [-0.2, -0.15) is 0 Å². The zero-order valence-electron chi connectivity index (χ0n) is 15.7. The van der Waals surface area contributed by atoms with E-state index in [1.165, 1.54) is 18.7 Å². The lowest BCUT2D eigenvalue weighted by atomic mass is 10.2. The number of carbonyl (C=O) groups excluding carboxylic acids is 3. The highest BCUT2D eigenvalue weighted by Crippen LogP contribution is 2.34. The average molecular weight is 416 g/mol. The van der Waals surface area contributed by atoms with E-state index in [1.54, 1.807) is 36.4 Å². The molecule has 1 heterocycles. The van der Waals surface area contributed by atoms with Crippen LogP contribution in [-0.2, 0) is 19.1 Å². The molecule has 1 aliphatic heterocycles. The van der Waals surface area contributed by atoms with Gasteiger partial charge in [-0.05, 0) is 36.4 Å². The predicted molar refractivity (Wildman–Crippen MR) is 108 cm³/mol. The van der Waals surface area contributed by atoms with Crippen LogP contribution < -0.4 is 20.1 Å². The lowest BCUT2D eigenvalue weighted by Gasteiger charge is -2.18. The maximum absolute atomic E-state index is 12.0. The highest BCUT2D eigenvalue weighted by molar-refractivity contribution is 8.00. The minimum Gasteiger partial charge on any atom is -0.486 e. The summed E-state index contributed by atoms with van der Waals surface area (Å²) in [6.07, 6.45) is 0. The molecule has 0 fully saturated rings. The molecule has 0 atom stereocenters. The molecule has 0 saturated heterocycles. The average Bonchev–Trinajstić information content (AvgIpc) is 2.70. The van der Waals surface area contributed by atoms with Crippen LogP contribution in [0.25, 0.3) is 0 Å². The first-order chi connectivity index (χ1) is 14.0. The third kappa shape index (κ3) is 6.42. The standard InChI is InChI=1S/C20H20N2O6S/c1-13(23)21-14-3-2-4-15(9-14)22-19(24)11-28-20(25)12-29-16-5-6-17-18(10-16)27-8-7-26-17/h2-6,9-10H,7-8,11-12H2,1H3,(H,21,23)(H,22,24). The fourth-order valence-electron chi connectivity index (χ4n) is 2.52. The van der Waals surface area contributed by atoms with Gasteiger partial charge in [-0.1, -0.05) is 6.07 Å². The second-order valence-electron chi connectivity index (χ2n) is 6.06. The number of carbonyl (C=O) groups is 3. The number of hydrogen-bond donors (Lipinski definition) is 2. The Bertz CT molecular complexity index is 918. The summed E-state index contributed by atoms with van der Waals surface area (Å²) in [6, 6.07) is 12.1. The van der Waals surface area contributed by atoms with E-state index in [4.69, 9.17) is 14.2 Å². The zero-order chi connectivity index (χ0) is 20.6. The maximum Gasteiger partial charge on any atom is 0.316 e. The molecule has 1 aliphatic rings. The molecular weight excluding hydrogens is 396 g/mol. The van der Waals surface area contributed by atoms with Crippen LogP contribution in [-0.4, -0.2) is 43.4 Å². The van der Waals surface area contributed by atoms with Crippen LogP contribution in [0.2, 0.25) is 0 Å². The SMILES string of the molecule is CC(=O)Nc1cccc(NC(=O)COC(=O)CSc2ccc3c(c2)OCCO3)c1. The largest absolute Gasteiger partial charge is 0.486 e. The molecule has 2 aromatic rings. The molecule has 3 rings (SSSR count). The first-order valence-electron chi connectivity index (χ1n) is 8.85. The minimum absolute atomic E-state index is 0.0605. The second kappa shape index (κ2) is 9.83. The van der Waals surface area contributed by atoms with Crippen molar-refractivity contribution in [1.29, 1.82) is 0 Å². The molecule has 9 heteroatoms. The van der Waals surface area contributed by atoms with Gasteiger partial charge in [0.15, 0.2) is 18.1 Å². The van der Waals surface area contributed by atoms with Crippen molar-refractivity contribution in [2.45, 2.75) is 11.8 Å². The van der Waals surface area contributed by atoms with Crippen LogP contribution in [0.5, 0.6) is 11.5 Å². The van der Waals surface area contributed by atoms with E-state index in [9.17, 15) is 14.4 Å². The van der Waals surface area contributed by atoms with Crippen LogP contribution in [0.3, 0.4) is 0 Å². The smallest absolute Gasteiger partial charge is 0.316 e. The number of nitrogens with one attached hydrogen (secondary N) is 2. The van der Waals surface area contributed by atoms with E-state index in [1.807, 2.05) is 6.07 Å². The summed E-state index contributed by atoms with van der Waals surface area (Å²) in [5.41, 5.74) is 1.05. The molecule has 0 spiro atoms. The molecule has 29 heavy (non-hydrogen) atoms. The monoisotopic (exact) mass is 416 g/mol. The fraction of sp³-hybridized carbons (Fsp3) is 0.250. The lowest BCUT2D eigenvalue weighted by molar-refractivity contribution is -0.144. The summed E-state index contributed by atoms with van der Waals surface area (Å²) < 4.78 is 16.0. The third-order valence-electron chi connectivity index (χ3n) is 3.70. The summed E-state index contributed by atoms with van der Waals surface area (Å²) in [4.78, 5) is 35.8. The summed E-state index contributed by atoms with van der Waals surface area (Å²) >= 11 is 1.28. The molecule has 0 aliphatic carbocycles. The number of fused-ring (bicyclic) bond motifs is 1. The van der Waals surface area contributed by atoms with Gasteiger partial charge in [0.1, 0.15) is 13.2 Å². The van der Waals surface area contributed by atoms with Crippen molar-refractivity contribution in [3.05, 3.63) is 42.5 Å². The van der Waals surface area contributed by atoms with Crippen molar-refractivity contribution >= 4 is 40.9 Å². The number of thioether (sulfide) groups is 1. The predicted octanol–water partition coefficient (Wildman–Crippen LogP) is 2.69. The van der Waals surface area contributed by atoms with Gasteiger partial charge in [-0.25, -0.2) is 0 Å². The summed E-state index contributed by atoms with van der Waals surface area (Å²) in [7, 11) is 0. The van der Waals surface area contributed by atoms with Crippen LogP contribution in [0.1, 0.15) is 6.92 Å². The molecule has 0 saturated carbocycles. The fourth-order valence-corrected chi connectivity index (χ4v) is 3.24. The highest BCUT2D eigenvalue weighted by Gasteiger charge is 2.13. The van der Waals surface area contributed by atoms with Gasteiger partial charge in [-0.3, -0.25) is 14.4 Å². The second-order valence-corrected chi connectivity index (χ2v) is 7.11. The number of rotatable bonds is 7. The highest BCUT2D eigenvalue weighted by atomic mass is 32.2. The Balaban J connectivity index is 1.42. The van der Waals surface area contributed by atoms with Crippen LogP contribution in [0.15, 0.2) is 47.4 Å². The zero-order valence-corrected chi connectivity index (χ0v) is 16.5. The molecule has 152 valence electrons. The Hall–Kier alpha value is -3.20. The lowest BCUT2D eigenvalue weighted by Crippen LogP contribution is -2.21. The maximum atomic E-state index is 12.0. The van der Waals surface area contributed by atoms with E-state index in [-0.39, 0.29) is 11.7 Å². The summed E-state index contributed by atoms with van der Waals surface area (Å²) in [5, 5.41) is 5.24. The first-order valence-corrected chi connectivity index (χ1v) is 9.84. The van der Waals surface area contributed by atoms with Crippen molar-refractivity contribution in [3.8, 4) is 11.5 Å². The Morgan fingerprint density at radius 1 is 1.00 bits per heavy atom. The van der Waals surface area contributed by atoms with Gasteiger partial charge < -0.3 is 24.8 Å². The third-order valence-corrected chi connectivity index (χ3v) is 4.67. The molecule has 8 nitrogen and oxygen atoms in total. The van der Waals surface area contributed by atoms with Crippen molar-refractivity contribution in [2.24, 2.45) is 0 Å². The number of anilines is 2. The molecule has 2 amide bonds. The molecule has 2 N–H and O–H groups in total. The van der Waals surface area contributed by atoms with E-state index >= 15 is 0 Å². The summed E-state index contributed by atoms with van der Waals surface area (Å²) in [6.45, 7) is 2.01. The van der Waals surface area contributed by atoms with Gasteiger partial charge in [0.25, 0.3) is 5.91 Å². The first kappa shape index (κ1) is 20.5. The Labute approximate surface area is 171 Å². The molecule has 0 radical (unpaired) electrons. The van der Waals surface area contributed by atoms with Gasteiger partial charge >= 0.3 is 5.97 Å². The Kier molecular flexibility index (Phi) is 6.96. The Morgan fingerprint density at radius 3 is 2.48 bits per heavy atom. The normalized spacial score (nSPS) is 12.0. The number of benzene rings is 2. The van der Waals surface area contributed by atoms with Crippen molar-refractivity contribution < 1.29 is 28.6 Å². The number of esters is 1. The number of hydrogen-bond acceptors (Lipinski definition) is 7. The van der Waals surface area contributed by atoms with Crippen molar-refractivity contribution in [3.63, 3.8) is 0 Å².